The number of halogens is 1. The monoisotopic (exact) mass is 237 g/mol. The fourth-order valence-corrected chi connectivity index (χ4v) is 1.35. The molecule has 3 nitrogen and oxygen atoms in total. The van der Waals surface area contributed by atoms with Crippen LogP contribution in [0.2, 0.25) is 5.02 Å². The molecule has 1 aromatic carbocycles. The van der Waals surface area contributed by atoms with Crippen LogP contribution in [0.25, 0.3) is 0 Å². The molecular weight excluding hydrogens is 222 g/mol. The number of hydrazine groups is 1. The molecule has 0 aliphatic heterocycles. The summed E-state index contributed by atoms with van der Waals surface area (Å²) in [5, 5.41) is 2.08. The van der Waals surface area contributed by atoms with Crippen molar-refractivity contribution in [3.63, 3.8) is 0 Å². The van der Waals surface area contributed by atoms with Crippen LogP contribution in [0.15, 0.2) is 48.3 Å². The molecule has 0 saturated carbocycles. The first-order valence-electron chi connectivity index (χ1n) is 4.87. The minimum Gasteiger partial charge on any atom is -0.384 e. The van der Waals surface area contributed by atoms with Crippen LogP contribution < -0.4 is 11.6 Å². The van der Waals surface area contributed by atoms with Crippen LogP contribution in [-0.4, -0.2) is 12.1 Å². The normalized spacial score (nSPS) is 11.3. The third-order valence-corrected chi connectivity index (χ3v) is 2.36. The average Bonchev–Trinajstić information content (AvgIpc) is 2.21. The molecule has 0 atom stereocenters. The van der Waals surface area contributed by atoms with Crippen molar-refractivity contribution >= 4 is 11.6 Å². The van der Waals surface area contributed by atoms with Crippen molar-refractivity contribution in [1.29, 1.82) is 0 Å². The van der Waals surface area contributed by atoms with Crippen LogP contribution in [0.1, 0.15) is 5.56 Å². The van der Waals surface area contributed by atoms with Gasteiger partial charge in [0.25, 0.3) is 0 Å². The van der Waals surface area contributed by atoms with Crippen molar-refractivity contribution in [1.82, 2.24) is 5.01 Å². The Hall–Kier alpha value is -1.45. The van der Waals surface area contributed by atoms with Crippen LogP contribution >= 0.6 is 11.6 Å². The van der Waals surface area contributed by atoms with Crippen LogP contribution in [0, 0.1) is 0 Å². The van der Waals surface area contributed by atoms with Crippen molar-refractivity contribution in [2.24, 2.45) is 11.6 Å². The molecule has 0 aromatic heterocycles. The molecule has 16 heavy (non-hydrogen) atoms. The van der Waals surface area contributed by atoms with Gasteiger partial charge in [-0.3, -0.25) is 0 Å². The molecule has 0 amide bonds. The summed E-state index contributed by atoms with van der Waals surface area (Å²) in [7, 11) is 1.68. The maximum Gasteiger partial charge on any atom is 0.113 e. The van der Waals surface area contributed by atoms with Gasteiger partial charge in [0, 0.05) is 12.1 Å². The number of allylic oxidation sites excluding steroid dienone is 2. The minimum absolute atomic E-state index is 0.485. The summed E-state index contributed by atoms with van der Waals surface area (Å²) < 4.78 is 0. The Morgan fingerprint density at radius 3 is 2.50 bits per heavy atom. The van der Waals surface area contributed by atoms with E-state index in [0.29, 0.717) is 5.82 Å². The van der Waals surface area contributed by atoms with Crippen LogP contribution in [0.3, 0.4) is 0 Å². The van der Waals surface area contributed by atoms with E-state index in [1.54, 1.807) is 13.1 Å². The number of hydrogen-bond donors (Lipinski definition) is 2. The fourth-order valence-electron chi connectivity index (χ4n) is 1.23. The summed E-state index contributed by atoms with van der Waals surface area (Å²) >= 11 is 5.80. The topological polar surface area (TPSA) is 55.3 Å². The van der Waals surface area contributed by atoms with Crippen molar-refractivity contribution in [2.45, 2.75) is 6.42 Å². The van der Waals surface area contributed by atoms with Crippen molar-refractivity contribution in [3.05, 3.63) is 58.9 Å². The fraction of sp³-hybridized carbons (Fsp3) is 0.167. The van der Waals surface area contributed by atoms with Crippen molar-refractivity contribution in [3.8, 4) is 0 Å². The quantitative estimate of drug-likeness (QED) is 0.479. The summed E-state index contributed by atoms with van der Waals surface area (Å²) in [5.74, 6) is 5.96. The second-order valence-electron chi connectivity index (χ2n) is 3.64. The number of benzene rings is 1. The lowest BCUT2D eigenvalue weighted by Gasteiger charge is -2.12. The molecule has 0 heterocycles. The zero-order valence-electron chi connectivity index (χ0n) is 9.28. The van der Waals surface area contributed by atoms with Crippen LogP contribution in [0.5, 0.6) is 0 Å². The SMILES string of the molecule is C=C(/C=C(/N)N(C)N)Cc1ccc(Cl)cc1. The van der Waals surface area contributed by atoms with Crippen LogP contribution in [-0.2, 0) is 6.42 Å². The van der Waals surface area contributed by atoms with Gasteiger partial charge in [0.05, 0.1) is 0 Å². The van der Waals surface area contributed by atoms with E-state index >= 15 is 0 Å². The van der Waals surface area contributed by atoms with Gasteiger partial charge in [0.15, 0.2) is 0 Å². The van der Waals surface area contributed by atoms with Crippen molar-refractivity contribution in [2.75, 3.05) is 7.05 Å². The molecule has 4 N–H and O–H groups in total. The van der Waals surface area contributed by atoms with Crippen LogP contribution in [0.4, 0.5) is 0 Å². The lowest BCUT2D eigenvalue weighted by atomic mass is 10.1. The van der Waals surface area contributed by atoms with E-state index in [2.05, 4.69) is 6.58 Å². The highest BCUT2D eigenvalue weighted by molar-refractivity contribution is 6.30. The molecule has 0 radical (unpaired) electrons. The molecule has 0 bridgehead atoms. The predicted octanol–water partition coefficient (Wildman–Crippen LogP) is 2.04. The molecular formula is C12H16ClN3. The summed E-state index contributed by atoms with van der Waals surface area (Å²) in [6, 6.07) is 7.63. The van der Waals surface area contributed by atoms with Gasteiger partial charge in [-0.05, 0) is 35.8 Å². The summed E-state index contributed by atoms with van der Waals surface area (Å²) in [5.41, 5.74) is 7.71. The second kappa shape index (κ2) is 5.58. The van der Waals surface area contributed by atoms with Crippen molar-refractivity contribution < 1.29 is 0 Å². The standard InChI is InChI=1S/C12H16ClN3/c1-9(8-12(14)16(2)15)7-10-3-5-11(13)6-4-10/h3-6,8H,1,7,14-15H2,2H3/b12-8-. The first-order valence-corrected chi connectivity index (χ1v) is 5.24. The smallest absolute Gasteiger partial charge is 0.113 e. The number of nitrogens with two attached hydrogens (primary N) is 2. The summed E-state index contributed by atoms with van der Waals surface area (Å²) in [6.45, 7) is 3.92. The molecule has 0 spiro atoms. The lowest BCUT2D eigenvalue weighted by molar-refractivity contribution is 0.435. The van der Waals surface area contributed by atoms with Gasteiger partial charge < -0.3 is 10.7 Å². The molecule has 0 unspecified atom stereocenters. The Bertz CT molecular complexity index is 393. The Kier molecular flexibility index (Phi) is 4.40. The van der Waals surface area contributed by atoms with Gasteiger partial charge in [0.2, 0.25) is 0 Å². The van der Waals surface area contributed by atoms with Gasteiger partial charge in [-0.25, -0.2) is 5.84 Å². The van der Waals surface area contributed by atoms with E-state index in [4.69, 9.17) is 23.2 Å². The lowest BCUT2D eigenvalue weighted by Crippen LogP contribution is -2.29. The highest BCUT2D eigenvalue weighted by Gasteiger charge is 1.98. The predicted molar refractivity (Wildman–Crippen MR) is 68.5 cm³/mol. The molecule has 4 heteroatoms. The van der Waals surface area contributed by atoms with E-state index in [-0.39, 0.29) is 0 Å². The number of hydrogen-bond acceptors (Lipinski definition) is 3. The molecule has 0 saturated heterocycles. The Labute approximate surface area is 101 Å². The minimum atomic E-state index is 0.485. The van der Waals surface area contributed by atoms with E-state index < -0.39 is 0 Å². The van der Waals surface area contributed by atoms with Gasteiger partial charge >= 0.3 is 0 Å². The Morgan fingerprint density at radius 1 is 1.44 bits per heavy atom. The highest BCUT2D eigenvalue weighted by atomic mass is 35.5. The molecule has 1 rings (SSSR count). The molecule has 0 fully saturated rings. The average molecular weight is 238 g/mol. The van der Waals surface area contributed by atoms with E-state index in [0.717, 1.165) is 22.6 Å². The highest BCUT2D eigenvalue weighted by Crippen LogP contribution is 2.13. The largest absolute Gasteiger partial charge is 0.384 e. The van der Waals surface area contributed by atoms with Gasteiger partial charge in [-0.2, -0.15) is 0 Å². The number of nitrogens with zero attached hydrogens (tertiary/aromatic N) is 1. The summed E-state index contributed by atoms with van der Waals surface area (Å²) in [6.07, 6.45) is 2.49. The van der Waals surface area contributed by atoms with E-state index in [1.807, 2.05) is 24.3 Å². The third-order valence-electron chi connectivity index (χ3n) is 2.10. The maximum absolute atomic E-state index is 5.80. The zero-order chi connectivity index (χ0) is 12.1. The van der Waals surface area contributed by atoms with E-state index in [1.165, 1.54) is 5.01 Å². The summed E-state index contributed by atoms with van der Waals surface area (Å²) in [4.78, 5) is 0. The molecule has 0 aliphatic carbocycles. The van der Waals surface area contributed by atoms with Gasteiger partial charge in [0.1, 0.15) is 5.82 Å². The first-order chi connectivity index (χ1) is 7.49. The second-order valence-corrected chi connectivity index (χ2v) is 4.08. The third kappa shape index (κ3) is 3.96. The Morgan fingerprint density at radius 2 is 2.00 bits per heavy atom. The maximum atomic E-state index is 5.80. The zero-order valence-corrected chi connectivity index (χ0v) is 10.0. The Balaban J connectivity index is 2.65. The number of rotatable bonds is 4. The first kappa shape index (κ1) is 12.6. The molecule has 86 valence electrons. The van der Waals surface area contributed by atoms with Gasteiger partial charge in [-0.1, -0.05) is 30.3 Å². The molecule has 1 aromatic rings. The van der Waals surface area contributed by atoms with E-state index in [9.17, 15) is 0 Å². The van der Waals surface area contributed by atoms with Gasteiger partial charge in [-0.15, -0.1) is 0 Å². The molecule has 0 aliphatic rings.